The first-order valence-corrected chi connectivity index (χ1v) is 11.4. The van der Waals surface area contributed by atoms with Gasteiger partial charge in [0, 0.05) is 43.5 Å². The standard InChI is InChI=1S/C23H30FN3O5S.2ClH/c1-15(22(29)30)27-12-11-25(14-20(27)28)9-7-16-13-26(10-8-19(16)33)21(23(31)32-2)17-5-3-4-6-18(17)24;;/h3-7,15,19,21,33H,8-14H2,1-2H3,(H,29,30);2*1H/b16-7-;;. The third kappa shape index (κ3) is 7.57. The lowest BCUT2D eigenvalue weighted by Crippen LogP contribution is -2.55. The van der Waals surface area contributed by atoms with Crippen molar-refractivity contribution in [3.63, 3.8) is 0 Å². The van der Waals surface area contributed by atoms with Gasteiger partial charge in [0.2, 0.25) is 5.91 Å². The topological polar surface area (TPSA) is 90.4 Å². The smallest absolute Gasteiger partial charge is 0.327 e. The van der Waals surface area contributed by atoms with E-state index < -0.39 is 29.8 Å². The molecule has 0 aromatic heterocycles. The summed E-state index contributed by atoms with van der Waals surface area (Å²) < 4.78 is 19.5. The minimum atomic E-state index is -1.02. The number of aliphatic carboxylic acids is 1. The van der Waals surface area contributed by atoms with E-state index in [-0.39, 0.29) is 48.1 Å². The van der Waals surface area contributed by atoms with Gasteiger partial charge in [-0.2, -0.15) is 12.6 Å². The number of piperazine rings is 1. The Morgan fingerprint density at radius 2 is 1.91 bits per heavy atom. The normalized spacial score (nSPS) is 22.1. The van der Waals surface area contributed by atoms with E-state index in [9.17, 15) is 18.8 Å². The van der Waals surface area contributed by atoms with Crippen LogP contribution in [0.15, 0.2) is 35.9 Å². The lowest BCUT2D eigenvalue weighted by molar-refractivity contribution is -0.152. The number of hydrogen-bond donors (Lipinski definition) is 2. The molecule has 8 nitrogen and oxygen atoms in total. The van der Waals surface area contributed by atoms with Crippen molar-refractivity contribution in [2.45, 2.75) is 30.7 Å². The largest absolute Gasteiger partial charge is 0.480 e. The van der Waals surface area contributed by atoms with Gasteiger partial charge in [0.05, 0.1) is 13.7 Å². The molecule has 2 aliphatic rings. The van der Waals surface area contributed by atoms with Crippen molar-refractivity contribution in [1.82, 2.24) is 14.7 Å². The predicted molar refractivity (Wildman–Crippen MR) is 138 cm³/mol. The summed E-state index contributed by atoms with van der Waals surface area (Å²) in [5.74, 6) is -2.22. The first-order chi connectivity index (χ1) is 15.7. The number of carbonyl (C=O) groups excluding carboxylic acids is 2. The van der Waals surface area contributed by atoms with Crippen LogP contribution in [-0.4, -0.2) is 95.3 Å². The molecular weight excluding hydrogens is 520 g/mol. The van der Waals surface area contributed by atoms with Gasteiger partial charge in [-0.1, -0.05) is 24.3 Å². The van der Waals surface area contributed by atoms with E-state index >= 15 is 0 Å². The van der Waals surface area contributed by atoms with Crippen molar-refractivity contribution in [3.8, 4) is 0 Å². The van der Waals surface area contributed by atoms with E-state index in [0.29, 0.717) is 39.1 Å². The van der Waals surface area contributed by atoms with E-state index in [2.05, 4.69) is 12.6 Å². The molecule has 3 atom stereocenters. The number of thiol groups is 1. The fourth-order valence-electron chi connectivity index (χ4n) is 4.27. The second-order valence-corrected chi connectivity index (χ2v) is 8.96. The molecule has 0 aliphatic carbocycles. The second-order valence-electron chi connectivity index (χ2n) is 8.34. The number of carboxylic acid groups (broad SMARTS) is 1. The SMILES string of the molecule is COC(=O)C(c1ccccc1F)N1CCC(S)/C(=C\CN2CCN(C(C)C(=O)O)C(=O)C2)C1.Cl.Cl. The molecule has 2 saturated heterocycles. The van der Waals surface area contributed by atoms with Gasteiger partial charge in [-0.3, -0.25) is 14.6 Å². The maximum atomic E-state index is 14.5. The Morgan fingerprint density at radius 3 is 2.51 bits per heavy atom. The van der Waals surface area contributed by atoms with Crippen molar-refractivity contribution in [2.75, 3.05) is 46.4 Å². The van der Waals surface area contributed by atoms with Gasteiger partial charge in [-0.15, -0.1) is 24.8 Å². The number of esters is 1. The summed E-state index contributed by atoms with van der Waals surface area (Å²) in [6, 6.07) is 4.49. The van der Waals surface area contributed by atoms with Crippen molar-refractivity contribution in [1.29, 1.82) is 0 Å². The lowest BCUT2D eigenvalue weighted by Gasteiger charge is -2.38. The van der Waals surface area contributed by atoms with Crippen molar-refractivity contribution in [2.24, 2.45) is 0 Å². The van der Waals surface area contributed by atoms with Gasteiger partial charge in [0.1, 0.15) is 17.9 Å². The highest BCUT2D eigenvalue weighted by Gasteiger charge is 2.35. The van der Waals surface area contributed by atoms with Crippen LogP contribution < -0.4 is 0 Å². The van der Waals surface area contributed by atoms with Gasteiger partial charge in [-0.25, -0.2) is 14.0 Å². The molecule has 196 valence electrons. The average Bonchev–Trinajstić information content (AvgIpc) is 2.80. The first kappa shape index (κ1) is 31.2. The van der Waals surface area contributed by atoms with E-state index in [1.54, 1.807) is 18.2 Å². The molecule has 12 heteroatoms. The molecule has 3 unspecified atom stereocenters. The molecule has 2 fully saturated rings. The fraction of sp³-hybridized carbons (Fsp3) is 0.522. The second kappa shape index (κ2) is 14.0. The number of hydrogen-bond acceptors (Lipinski definition) is 7. The quantitative estimate of drug-likeness (QED) is 0.305. The summed E-state index contributed by atoms with van der Waals surface area (Å²) in [5.41, 5.74) is 1.26. The zero-order valence-electron chi connectivity index (χ0n) is 19.6. The number of amides is 1. The molecule has 0 saturated carbocycles. The summed E-state index contributed by atoms with van der Waals surface area (Å²) in [4.78, 5) is 41.4. The minimum Gasteiger partial charge on any atom is -0.480 e. The van der Waals surface area contributed by atoms with Crippen LogP contribution in [0.1, 0.15) is 24.9 Å². The molecule has 0 radical (unpaired) electrons. The molecule has 3 rings (SSSR count). The maximum Gasteiger partial charge on any atom is 0.327 e. The number of halogens is 3. The molecule has 2 aliphatic heterocycles. The Labute approximate surface area is 222 Å². The summed E-state index contributed by atoms with van der Waals surface area (Å²) in [6.45, 7) is 4.05. The highest BCUT2D eigenvalue weighted by Crippen LogP contribution is 2.31. The highest BCUT2D eigenvalue weighted by molar-refractivity contribution is 7.81. The van der Waals surface area contributed by atoms with Crippen LogP contribution in [0, 0.1) is 5.82 Å². The first-order valence-electron chi connectivity index (χ1n) is 10.9. The van der Waals surface area contributed by atoms with Crippen LogP contribution in [0.3, 0.4) is 0 Å². The Kier molecular flexibility index (Phi) is 12.5. The van der Waals surface area contributed by atoms with Crippen molar-refractivity contribution in [3.05, 3.63) is 47.3 Å². The summed E-state index contributed by atoms with van der Waals surface area (Å²) in [7, 11) is 1.29. The van der Waals surface area contributed by atoms with Crippen molar-refractivity contribution >= 4 is 55.3 Å². The number of likely N-dealkylation sites (tertiary alicyclic amines) is 1. The predicted octanol–water partition coefficient (Wildman–Crippen LogP) is 2.43. The Morgan fingerprint density at radius 1 is 1.23 bits per heavy atom. The summed E-state index contributed by atoms with van der Waals surface area (Å²) in [5, 5.41) is 9.15. The maximum absolute atomic E-state index is 14.5. The van der Waals surface area contributed by atoms with Gasteiger partial charge in [0.15, 0.2) is 0 Å². The molecule has 35 heavy (non-hydrogen) atoms. The number of benzene rings is 1. The van der Waals surface area contributed by atoms with E-state index in [1.807, 2.05) is 15.9 Å². The van der Waals surface area contributed by atoms with E-state index in [4.69, 9.17) is 9.84 Å². The third-order valence-corrected chi connectivity index (χ3v) is 6.86. The molecule has 1 aromatic carbocycles. The highest BCUT2D eigenvalue weighted by atomic mass is 35.5. The van der Waals surface area contributed by atoms with E-state index in [1.165, 1.54) is 25.0 Å². The van der Waals surface area contributed by atoms with Crippen LogP contribution in [0.5, 0.6) is 0 Å². The van der Waals surface area contributed by atoms with Gasteiger partial charge >= 0.3 is 11.9 Å². The molecule has 1 N–H and O–H groups in total. The van der Waals surface area contributed by atoms with E-state index in [0.717, 1.165) is 5.57 Å². The molecule has 1 amide bonds. The lowest BCUT2D eigenvalue weighted by atomic mass is 9.97. The summed E-state index contributed by atoms with van der Waals surface area (Å²) >= 11 is 4.68. The number of nitrogens with zero attached hydrogens (tertiary/aromatic N) is 3. The number of carbonyl (C=O) groups is 3. The number of ether oxygens (including phenoxy) is 1. The number of methoxy groups -OCH3 is 1. The van der Waals surface area contributed by atoms with Crippen molar-refractivity contribution < 1.29 is 28.6 Å². The number of rotatable bonds is 7. The average molecular weight is 552 g/mol. The monoisotopic (exact) mass is 551 g/mol. The number of piperidine rings is 1. The molecule has 2 heterocycles. The zero-order valence-corrected chi connectivity index (χ0v) is 22.2. The van der Waals surface area contributed by atoms with Crippen LogP contribution >= 0.6 is 37.4 Å². The van der Waals surface area contributed by atoms with Crippen LogP contribution in [0.2, 0.25) is 0 Å². The Bertz CT molecular complexity index is 938. The molecule has 0 spiro atoms. The Hall–Kier alpha value is -1.85. The molecule has 1 aromatic rings. The Balaban J connectivity index is 0.00000306. The number of carboxylic acids is 1. The van der Waals surface area contributed by atoms with Gasteiger partial charge in [0.25, 0.3) is 0 Å². The van der Waals surface area contributed by atoms with Crippen LogP contribution in [-0.2, 0) is 19.1 Å². The van der Waals surface area contributed by atoms with Crippen LogP contribution in [0.25, 0.3) is 0 Å². The van der Waals surface area contributed by atoms with Gasteiger partial charge in [-0.05, 0) is 25.0 Å². The molecular formula is C23H32Cl2FN3O5S. The minimum absolute atomic E-state index is 0. The molecule has 0 bridgehead atoms. The zero-order chi connectivity index (χ0) is 24.1. The fourth-order valence-corrected chi connectivity index (χ4v) is 4.58. The third-order valence-electron chi connectivity index (χ3n) is 6.27. The van der Waals surface area contributed by atoms with Crippen LogP contribution in [0.4, 0.5) is 4.39 Å². The summed E-state index contributed by atoms with van der Waals surface area (Å²) in [6.07, 6.45) is 2.68. The van der Waals surface area contributed by atoms with Gasteiger partial charge < -0.3 is 14.7 Å².